The third-order valence-corrected chi connectivity index (χ3v) is 7.34. The van der Waals surface area contributed by atoms with E-state index in [4.69, 9.17) is 0 Å². The summed E-state index contributed by atoms with van der Waals surface area (Å²) in [6.07, 6.45) is 6.36. The van der Waals surface area contributed by atoms with Gasteiger partial charge in [-0.05, 0) is 50.3 Å². The van der Waals surface area contributed by atoms with Gasteiger partial charge >= 0.3 is 0 Å². The Balaban J connectivity index is 1.55. The summed E-state index contributed by atoms with van der Waals surface area (Å²) in [6.45, 7) is 3.27. The Morgan fingerprint density at radius 3 is 2.57 bits per heavy atom. The molecule has 2 fully saturated rings. The summed E-state index contributed by atoms with van der Waals surface area (Å²) in [5.74, 6) is -1.48. The van der Waals surface area contributed by atoms with E-state index in [0.29, 0.717) is 50.6 Å². The maximum atomic E-state index is 15.7. The first kappa shape index (κ1) is 27.1. The lowest BCUT2D eigenvalue weighted by Gasteiger charge is -2.29. The number of hydrogen-bond acceptors (Lipinski definition) is 5. The third kappa shape index (κ3) is 7.08. The highest BCUT2D eigenvalue weighted by Crippen LogP contribution is 2.30. The molecule has 4 N–H and O–H groups in total. The van der Waals surface area contributed by atoms with Crippen molar-refractivity contribution in [2.24, 2.45) is 0 Å². The lowest BCUT2D eigenvalue weighted by atomic mass is 9.95. The van der Waals surface area contributed by atoms with Gasteiger partial charge in [0.15, 0.2) is 5.82 Å². The summed E-state index contributed by atoms with van der Waals surface area (Å²) in [5, 5.41) is 20.6. The van der Waals surface area contributed by atoms with Crippen LogP contribution in [-0.4, -0.2) is 54.7 Å². The zero-order valence-electron chi connectivity index (χ0n) is 21.6. The van der Waals surface area contributed by atoms with Crippen molar-refractivity contribution in [2.75, 3.05) is 29.9 Å². The minimum absolute atomic E-state index is 0.116. The van der Waals surface area contributed by atoms with Crippen LogP contribution in [0.15, 0.2) is 42.5 Å². The van der Waals surface area contributed by atoms with Crippen LogP contribution in [0.2, 0.25) is 0 Å². The molecule has 7 nitrogen and oxygen atoms in total. The van der Waals surface area contributed by atoms with Crippen LogP contribution in [0.25, 0.3) is 0 Å². The Kier molecular flexibility index (Phi) is 9.52. The molecule has 200 valence electrons. The number of halogens is 1. The Morgan fingerprint density at radius 1 is 1.14 bits per heavy atom. The molecule has 1 saturated heterocycles. The molecule has 8 heteroatoms. The van der Waals surface area contributed by atoms with Crippen molar-refractivity contribution >= 4 is 23.2 Å². The summed E-state index contributed by atoms with van der Waals surface area (Å²) in [6, 6.07) is 12.5. The van der Waals surface area contributed by atoms with Gasteiger partial charge in [-0.1, -0.05) is 49.6 Å². The van der Waals surface area contributed by atoms with E-state index in [9.17, 15) is 14.7 Å². The van der Waals surface area contributed by atoms with Crippen LogP contribution in [0.1, 0.15) is 67.8 Å². The molecule has 2 unspecified atom stereocenters. The first-order valence-corrected chi connectivity index (χ1v) is 13.6. The second-order valence-corrected chi connectivity index (χ2v) is 10.1. The van der Waals surface area contributed by atoms with Crippen molar-refractivity contribution in [1.82, 2.24) is 10.6 Å². The molecule has 4 rings (SSSR count). The Morgan fingerprint density at radius 2 is 1.89 bits per heavy atom. The molecule has 1 aliphatic heterocycles. The van der Waals surface area contributed by atoms with E-state index in [2.05, 4.69) is 16.0 Å². The van der Waals surface area contributed by atoms with Gasteiger partial charge in [0.1, 0.15) is 0 Å². The lowest BCUT2D eigenvalue weighted by Crippen LogP contribution is -2.50. The van der Waals surface area contributed by atoms with Gasteiger partial charge in [-0.2, -0.15) is 0 Å². The highest BCUT2D eigenvalue weighted by molar-refractivity contribution is 6.00. The molecule has 1 saturated carbocycles. The number of anilines is 2. The zero-order chi connectivity index (χ0) is 26.2. The average Bonchev–Trinajstić information content (AvgIpc) is 3.34. The fraction of sp³-hybridized carbons (Fsp3) is 0.517. The largest absolute Gasteiger partial charge is 0.390 e. The van der Waals surface area contributed by atoms with Crippen LogP contribution in [0.3, 0.4) is 0 Å². The van der Waals surface area contributed by atoms with E-state index in [1.54, 1.807) is 6.07 Å². The van der Waals surface area contributed by atoms with Gasteiger partial charge in [0.05, 0.1) is 23.4 Å². The highest BCUT2D eigenvalue weighted by Gasteiger charge is 2.30. The standard InChI is InChI=1S/C29H39FN4O3/c1-2-31-22-17-23(28(30)25(18-22)34-15-9-14-27(34)36)29(37)33-24(16-20-10-5-3-6-11-20)26(35)19-32-21-12-7-4-8-13-21/h3,5-6,10-11,17-18,21,24,26,31-32,35H,2,4,7-9,12-16,19H2,1H3,(H,33,37). The van der Waals surface area contributed by atoms with Gasteiger partial charge in [-0.25, -0.2) is 4.39 Å². The number of nitrogens with one attached hydrogen (secondary N) is 3. The van der Waals surface area contributed by atoms with Crippen molar-refractivity contribution in [3.63, 3.8) is 0 Å². The van der Waals surface area contributed by atoms with Gasteiger partial charge in [0.25, 0.3) is 5.91 Å². The molecule has 2 atom stereocenters. The van der Waals surface area contributed by atoms with Crippen molar-refractivity contribution in [2.45, 2.75) is 76.5 Å². The maximum absolute atomic E-state index is 15.7. The van der Waals surface area contributed by atoms with Crippen molar-refractivity contribution < 1.29 is 19.1 Å². The second kappa shape index (κ2) is 13.0. The van der Waals surface area contributed by atoms with E-state index in [1.807, 2.05) is 37.3 Å². The number of nitrogens with zero attached hydrogens (tertiary/aromatic N) is 1. The summed E-state index contributed by atoms with van der Waals surface area (Å²) in [5.41, 5.74) is 1.52. The maximum Gasteiger partial charge on any atom is 0.254 e. The van der Waals surface area contributed by atoms with Crippen LogP contribution in [0.4, 0.5) is 15.8 Å². The lowest BCUT2D eigenvalue weighted by molar-refractivity contribution is -0.117. The molecule has 0 bridgehead atoms. The fourth-order valence-corrected chi connectivity index (χ4v) is 5.31. The average molecular weight is 511 g/mol. The number of carbonyl (C=O) groups excluding carboxylic acids is 2. The molecular formula is C29H39FN4O3. The number of aliphatic hydroxyl groups is 1. The van der Waals surface area contributed by atoms with Crippen LogP contribution in [-0.2, 0) is 11.2 Å². The Bertz CT molecular complexity index is 1060. The van der Waals surface area contributed by atoms with Crippen molar-refractivity contribution in [3.8, 4) is 0 Å². The summed E-state index contributed by atoms with van der Waals surface area (Å²) >= 11 is 0. The molecule has 2 aromatic carbocycles. The predicted octanol–water partition coefficient (Wildman–Crippen LogP) is 4.01. The van der Waals surface area contributed by atoms with Gasteiger partial charge in [-0.15, -0.1) is 0 Å². The van der Waals surface area contributed by atoms with Crippen LogP contribution >= 0.6 is 0 Å². The van der Waals surface area contributed by atoms with Gasteiger partial charge in [-0.3, -0.25) is 9.59 Å². The molecule has 0 aromatic heterocycles. The monoisotopic (exact) mass is 510 g/mol. The van der Waals surface area contributed by atoms with Crippen LogP contribution in [0.5, 0.6) is 0 Å². The first-order chi connectivity index (χ1) is 18.0. The molecule has 2 amide bonds. The highest BCUT2D eigenvalue weighted by atomic mass is 19.1. The molecular weight excluding hydrogens is 471 g/mol. The minimum Gasteiger partial charge on any atom is -0.390 e. The number of amides is 2. The van der Waals surface area contributed by atoms with E-state index >= 15 is 4.39 Å². The number of aliphatic hydroxyl groups excluding tert-OH is 1. The van der Waals surface area contributed by atoms with Gasteiger partial charge in [0, 0.05) is 37.8 Å². The third-order valence-electron chi connectivity index (χ3n) is 7.34. The Labute approximate surface area is 218 Å². The summed E-state index contributed by atoms with van der Waals surface area (Å²) in [7, 11) is 0. The van der Waals surface area contributed by atoms with E-state index in [-0.39, 0.29) is 17.2 Å². The normalized spacial score (nSPS) is 18.0. The fourth-order valence-electron chi connectivity index (χ4n) is 5.31. The van der Waals surface area contributed by atoms with Crippen LogP contribution < -0.4 is 20.9 Å². The van der Waals surface area contributed by atoms with E-state index < -0.39 is 23.9 Å². The van der Waals surface area contributed by atoms with Crippen molar-refractivity contribution in [1.29, 1.82) is 0 Å². The quantitative estimate of drug-likeness (QED) is 0.367. The number of benzene rings is 2. The number of carbonyl (C=O) groups is 2. The van der Waals surface area contributed by atoms with Crippen molar-refractivity contribution in [3.05, 3.63) is 59.4 Å². The van der Waals surface area contributed by atoms with Gasteiger partial charge in [0.2, 0.25) is 5.91 Å². The number of hydrogen-bond donors (Lipinski definition) is 4. The molecule has 1 aliphatic carbocycles. The topological polar surface area (TPSA) is 93.7 Å². The predicted molar refractivity (Wildman–Crippen MR) is 144 cm³/mol. The molecule has 2 aromatic rings. The molecule has 37 heavy (non-hydrogen) atoms. The zero-order valence-corrected chi connectivity index (χ0v) is 21.6. The van der Waals surface area contributed by atoms with Crippen LogP contribution in [0, 0.1) is 5.82 Å². The molecule has 0 radical (unpaired) electrons. The van der Waals surface area contributed by atoms with E-state index in [0.717, 1.165) is 18.4 Å². The summed E-state index contributed by atoms with van der Waals surface area (Å²) < 4.78 is 15.7. The summed E-state index contributed by atoms with van der Waals surface area (Å²) in [4.78, 5) is 27.2. The second-order valence-electron chi connectivity index (χ2n) is 10.1. The molecule has 2 aliphatic rings. The molecule has 1 heterocycles. The number of rotatable bonds is 11. The smallest absolute Gasteiger partial charge is 0.254 e. The van der Waals surface area contributed by atoms with E-state index in [1.165, 1.54) is 30.2 Å². The van der Waals surface area contributed by atoms with Gasteiger partial charge < -0.3 is 26.0 Å². The SMILES string of the molecule is CCNc1cc(C(=O)NC(Cc2ccccc2)C(O)CNC2CCCCC2)c(F)c(N2CCCC2=O)c1. The Hall–Kier alpha value is -2.97. The molecule has 0 spiro atoms. The minimum atomic E-state index is -0.856. The first-order valence-electron chi connectivity index (χ1n) is 13.6.